The molecule has 0 N–H and O–H groups in total. The van der Waals surface area contributed by atoms with E-state index < -0.39 is 0 Å². The molecule has 3 nitrogen and oxygen atoms in total. The predicted octanol–water partition coefficient (Wildman–Crippen LogP) is 4.41. The highest BCUT2D eigenvalue weighted by molar-refractivity contribution is 6.16. The van der Waals surface area contributed by atoms with Crippen LogP contribution in [0.25, 0.3) is 21.5 Å². The van der Waals surface area contributed by atoms with Gasteiger partial charge in [-0.3, -0.25) is 0 Å². The van der Waals surface area contributed by atoms with Crippen molar-refractivity contribution in [3.05, 3.63) is 53.1 Å². The lowest BCUT2D eigenvalue weighted by Gasteiger charge is -2.13. The van der Waals surface area contributed by atoms with Gasteiger partial charge in [-0.25, -0.2) is 4.79 Å². The number of ether oxygens (including phenoxy) is 2. The molecule has 112 valence electrons. The number of carbonyl (C=O) groups excluding carboxylic acids is 1. The molecule has 0 saturated carbocycles. The molecule has 0 saturated heterocycles. The number of methoxy groups -OCH3 is 2. The third-order valence-electron chi connectivity index (χ3n) is 4.03. The molecule has 0 unspecified atom stereocenters. The van der Waals surface area contributed by atoms with Crippen LogP contribution in [0, 0.1) is 13.8 Å². The molecular formula is C19H18O3. The third kappa shape index (κ3) is 2.19. The van der Waals surface area contributed by atoms with Gasteiger partial charge in [0.05, 0.1) is 19.8 Å². The molecule has 3 aromatic carbocycles. The zero-order valence-electron chi connectivity index (χ0n) is 13.2. The Balaban J connectivity index is 2.49. The Morgan fingerprint density at radius 2 is 1.68 bits per heavy atom. The van der Waals surface area contributed by atoms with Gasteiger partial charge in [-0.05, 0) is 59.2 Å². The molecule has 0 amide bonds. The second-order valence-corrected chi connectivity index (χ2v) is 5.51. The minimum Gasteiger partial charge on any atom is -0.496 e. The van der Waals surface area contributed by atoms with Crippen molar-refractivity contribution < 1.29 is 14.3 Å². The zero-order chi connectivity index (χ0) is 15.9. The van der Waals surface area contributed by atoms with Crippen molar-refractivity contribution in [2.75, 3.05) is 14.2 Å². The number of rotatable bonds is 2. The summed E-state index contributed by atoms with van der Waals surface area (Å²) in [6.07, 6.45) is 0. The van der Waals surface area contributed by atoms with Crippen LogP contribution in [-0.2, 0) is 4.74 Å². The summed E-state index contributed by atoms with van der Waals surface area (Å²) in [6.45, 7) is 4.07. The predicted molar refractivity (Wildman–Crippen MR) is 88.8 cm³/mol. The summed E-state index contributed by atoms with van der Waals surface area (Å²) in [4.78, 5) is 12.1. The summed E-state index contributed by atoms with van der Waals surface area (Å²) in [6, 6.07) is 12.1. The Labute approximate surface area is 129 Å². The van der Waals surface area contributed by atoms with Crippen molar-refractivity contribution >= 4 is 27.5 Å². The van der Waals surface area contributed by atoms with Crippen molar-refractivity contribution in [1.29, 1.82) is 0 Å². The molecule has 0 aliphatic rings. The van der Waals surface area contributed by atoms with E-state index in [0.29, 0.717) is 5.56 Å². The van der Waals surface area contributed by atoms with E-state index in [9.17, 15) is 4.79 Å². The van der Waals surface area contributed by atoms with E-state index in [1.807, 2.05) is 38.1 Å². The van der Waals surface area contributed by atoms with Crippen LogP contribution < -0.4 is 4.74 Å². The molecule has 22 heavy (non-hydrogen) atoms. The molecule has 3 aromatic rings. The highest BCUT2D eigenvalue weighted by Crippen LogP contribution is 2.34. The van der Waals surface area contributed by atoms with Gasteiger partial charge in [0, 0.05) is 0 Å². The Morgan fingerprint density at radius 1 is 0.909 bits per heavy atom. The fourth-order valence-corrected chi connectivity index (χ4v) is 2.90. The highest BCUT2D eigenvalue weighted by Gasteiger charge is 2.15. The van der Waals surface area contributed by atoms with E-state index in [1.165, 1.54) is 7.11 Å². The summed E-state index contributed by atoms with van der Waals surface area (Å²) in [5, 5.41) is 4.06. The van der Waals surface area contributed by atoms with Crippen LogP contribution in [0.3, 0.4) is 0 Å². The van der Waals surface area contributed by atoms with Gasteiger partial charge < -0.3 is 9.47 Å². The number of benzene rings is 3. The molecule has 0 aromatic heterocycles. The number of esters is 1. The Hall–Kier alpha value is -2.55. The summed E-state index contributed by atoms with van der Waals surface area (Å²) < 4.78 is 10.3. The minimum atomic E-state index is -0.324. The number of fused-ring (bicyclic) bond motifs is 3. The van der Waals surface area contributed by atoms with E-state index >= 15 is 0 Å². The van der Waals surface area contributed by atoms with Crippen LogP contribution in [0.15, 0.2) is 36.4 Å². The second kappa shape index (κ2) is 5.34. The molecule has 0 heterocycles. The molecule has 0 bridgehead atoms. The Kier molecular flexibility index (Phi) is 3.49. The summed E-state index contributed by atoms with van der Waals surface area (Å²) in [7, 11) is 3.06. The topological polar surface area (TPSA) is 35.5 Å². The van der Waals surface area contributed by atoms with Crippen LogP contribution in [-0.4, -0.2) is 20.2 Å². The number of hydrogen-bond donors (Lipinski definition) is 0. The molecule has 0 radical (unpaired) electrons. The lowest BCUT2D eigenvalue weighted by atomic mass is 9.94. The maximum Gasteiger partial charge on any atom is 0.338 e. The first-order valence-electron chi connectivity index (χ1n) is 7.15. The molecule has 0 atom stereocenters. The average Bonchev–Trinajstić information content (AvgIpc) is 2.53. The zero-order valence-corrected chi connectivity index (χ0v) is 13.2. The molecule has 3 heteroatoms. The largest absolute Gasteiger partial charge is 0.496 e. The van der Waals surface area contributed by atoms with E-state index in [0.717, 1.165) is 38.4 Å². The van der Waals surface area contributed by atoms with Gasteiger partial charge in [0.15, 0.2) is 0 Å². The minimum absolute atomic E-state index is 0.324. The molecule has 0 spiro atoms. The summed E-state index contributed by atoms with van der Waals surface area (Å²) in [5.74, 6) is 0.491. The second-order valence-electron chi connectivity index (χ2n) is 5.51. The van der Waals surface area contributed by atoms with Gasteiger partial charge in [-0.1, -0.05) is 23.8 Å². The van der Waals surface area contributed by atoms with Crippen LogP contribution in [0.1, 0.15) is 21.5 Å². The maximum absolute atomic E-state index is 12.1. The standard InChI is InChI=1S/C19H18O3/c1-11-5-6-14-16(7-11)15-8-12(2)18(21-3)10-13(15)9-17(14)19(20)22-4/h5-10H,1-4H3. The first-order chi connectivity index (χ1) is 10.5. The van der Waals surface area contributed by atoms with E-state index in [4.69, 9.17) is 9.47 Å². The lowest BCUT2D eigenvalue weighted by molar-refractivity contribution is 0.0603. The molecule has 3 rings (SSSR count). The molecule has 0 fully saturated rings. The summed E-state index contributed by atoms with van der Waals surface area (Å²) >= 11 is 0. The Morgan fingerprint density at radius 3 is 2.36 bits per heavy atom. The van der Waals surface area contributed by atoms with Gasteiger partial charge in [0.25, 0.3) is 0 Å². The average molecular weight is 294 g/mol. The van der Waals surface area contributed by atoms with Gasteiger partial charge in [-0.2, -0.15) is 0 Å². The van der Waals surface area contributed by atoms with Gasteiger partial charge in [0.1, 0.15) is 5.75 Å². The molecular weight excluding hydrogens is 276 g/mol. The monoisotopic (exact) mass is 294 g/mol. The van der Waals surface area contributed by atoms with Crippen LogP contribution >= 0.6 is 0 Å². The number of carbonyl (C=O) groups is 1. The van der Waals surface area contributed by atoms with Crippen molar-refractivity contribution in [3.63, 3.8) is 0 Å². The first-order valence-corrected chi connectivity index (χ1v) is 7.15. The first kappa shape index (κ1) is 14.4. The third-order valence-corrected chi connectivity index (χ3v) is 4.03. The quantitative estimate of drug-likeness (QED) is 0.519. The van der Waals surface area contributed by atoms with Gasteiger partial charge >= 0.3 is 5.97 Å². The fraction of sp³-hybridized carbons (Fsp3) is 0.211. The van der Waals surface area contributed by atoms with Crippen LogP contribution in [0.2, 0.25) is 0 Å². The van der Waals surface area contributed by atoms with Crippen molar-refractivity contribution in [2.24, 2.45) is 0 Å². The maximum atomic E-state index is 12.1. The summed E-state index contributed by atoms with van der Waals surface area (Å²) in [5.41, 5.74) is 2.81. The van der Waals surface area contributed by atoms with Crippen LogP contribution in [0.4, 0.5) is 0 Å². The SMILES string of the molecule is COC(=O)c1cc2cc(OC)c(C)cc2c2cc(C)ccc12. The normalized spacial score (nSPS) is 10.9. The molecule has 0 aliphatic carbocycles. The molecule has 0 aliphatic heterocycles. The van der Waals surface area contributed by atoms with Crippen molar-refractivity contribution in [1.82, 2.24) is 0 Å². The number of aryl methyl sites for hydroxylation is 2. The van der Waals surface area contributed by atoms with Crippen molar-refractivity contribution in [3.8, 4) is 5.75 Å². The Bertz CT molecular complexity index is 894. The smallest absolute Gasteiger partial charge is 0.338 e. The van der Waals surface area contributed by atoms with E-state index in [1.54, 1.807) is 7.11 Å². The highest BCUT2D eigenvalue weighted by atomic mass is 16.5. The van der Waals surface area contributed by atoms with Crippen LogP contribution in [0.5, 0.6) is 5.75 Å². The fourth-order valence-electron chi connectivity index (χ4n) is 2.90. The number of hydrogen-bond acceptors (Lipinski definition) is 3. The van der Waals surface area contributed by atoms with Gasteiger partial charge in [-0.15, -0.1) is 0 Å². The van der Waals surface area contributed by atoms with E-state index in [-0.39, 0.29) is 5.97 Å². The van der Waals surface area contributed by atoms with Crippen molar-refractivity contribution in [2.45, 2.75) is 13.8 Å². The van der Waals surface area contributed by atoms with Gasteiger partial charge in [0.2, 0.25) is 0 Å². The lowest BCUT2D eigenvalue weighted by Crippen LogP contribution is -2.02. The van der Waals surface area contributed by atoms with E-state index in [2.05, 4.69) is 12.1 Å².